The molecule has 20 heavy (non-hydrogen) atoms. The minimum Gasteiger partial charge on any atom is -0.339 e. The molecule has 2 atom stereocenters. The lowest BCUT2D eigenvalue weighted by atomic mass is 9.96. The fourth-order valence-corrected chi connectivity index (χ4v) is 4.71. The van der Waals surface area contributed by atoms with Crippen LogP contribution in [0.3, 0.4) is 0 Å². The van der Waals surface area contributed by atoms with Crippen LogP contribution in [0, 0.1) is 5.92 Å². The van der Waals surface area contributed by atoms with E-state index in [4.69, 9.17) is 10.3 Å². The van der Waals surface area contributed by atoms with E-state index in [0.717, 1.165) is 35.7 Å². The molecule has 5 heteroatoms. The molecule has 0 bridgehead atoms. The van der Waals surface area contributed by atoms with Crippen LogP contribution in [0.5, 0.6) is 0 Å². The van der Waals surface area contributed by atoms with Crippen LogP contribution in [0.25, 0.3) is 0 Å². The first-order chi connectivity index (χ1) is 9.86. The minimum atomic E-state index is 0.404. The second-order valence-corrected chi connectivity index (χ2v) is 7.44. The van der Waals surface area contributed by atoms with E-state index < -0.39 is 0 Å². The van der Waals surface area contributed by atoms with Crippen LogP contribution in [0.4, 0.5) is 0 Å². The molecule has 112 valence electrons. The topological polar surface area (TPSA) is 64.9 Å². The van der Waals surface area contributed by atoms with Gasteiger partial charge in [-0.15, -0.1) is 0 Å². The Labute approximate surface area is 125 Å². The molecule has 0 aliphatic heterocycles. The highest BCUT2D eigenvalue weighted by Gasteiger charge is 2.31. The Morgan fingerprint density at radius 3 is 2.75 bits per heavy atom. The third-order valence-electron chi connectivity index (χ3n) is 4.76. The lowest BCUT2D eigenvalue weighted by Gasteiger charge is -2.20. The molecule has 4 nitrogen and oxygen atoms in total. The van der Waals surface area contributed by atoms with E-state index in [9.17, 15) is 0 Å². The van der Waals surface area contributed by atoms with Crippen molar-refractivity contribution in [2.45, 2.75) is 68.3 Å². The Bertz CT molecular complexity index is 417. The van der Waals surface area contributed by atoms with Gasteiger partial charge in [0.15, 0.2) is 5.82 Å². The Morgan fingerprint density at radius 1 is 1.10 bits per heavy atom. The first-order valence-corrected chi connectivity index (χ1v) is 9.06. The summed E-state index contributed by atoms with van der Waals surface area (Å²) in [6.07, 6.45) is 10.5. The van der Waals surface area contributed by atoms with Crippen LogP contribution < -0.4 is 5.73 Å². The average molecular weight is 295 g/mol. The normalized spacial score (nSPS) is 28.1. The van der Waals surface area contributed by atoms with E-state index >= 15 is 0 Å². The second-order valence-electron chi connectivity index (χ2n) is 6.15. The number of thioether (sulfide) groups is 1. The first-order valence-electron chi connectivity index (χ1n) is 8.01. The molecular formula is C15H25N3OS. The first kappa shape index (κ1) is 14.4. The van der Waals surface area contributed by atoms with E-state index in [-0.39, 0.29) is 0 Å². The van der Waals surface area contributed by atoms with Crippen molar-refractivity contribution in [3.05, 3.63) is 11.7 Å². The van der Waals surface area contributed by atoms with Crippen LogP contribution in [-0.4, -0.2) is 21.9 Å². The van der Waals surface area contributed by atoms with Crippen LogP contribution in [0.2, 0.25) is 0 Å². The van der Waals surface area contributed by atoms with Gasteiger partial charge in [0.1, 0.15) is 0 Å². The molecule has 2 aliphatic carbocycles. The van der Waals surface area contributed by atoms with Crippen LogP contribution in [0.15, 0.2) is 4.52 Å². The number of aromatic nitrogens is 2. The van der Waals surface area contributed by atoms with Gasteiger partial charge in [-0.1, -0.05) is 30.8 Å². The molecule has 2 aliphatic rings. The van der Waals surface area contributed by atoms with Gasteiger partial charge >= 0.3 is 0 Å². The van der Waals surface area contributed by atoms with Gasteiger partial charge in [-0.05, 0) is 38.1 Å². The number of nitrogens with two attached hydrogens (primary N) is 1. The molecular weight excluding hydrogens is 270 g/mol. The van der Waals surface area contributed by atoms with E-state index in [1.54, 1.807) is 0 Å². The Morgan fingerprint density at radius 2 is 1.95 bits per heavy atom. The van der Waals surface area contributed by atoms with Crippen molar-refractivity contribution in [1.29, 1.82) is 0 Å². The Balaban J connectivity index is 1.53. The number of rotatable bonds is 5. The van der Waals surface area contributed by atoms with Crippen molar-refractivity contribution in [2.75, 3.05) is 6.54 Å². The lowest BCUT2D eigenvalue weighted by Crippen LogP contribution is -2.17. The fraction of sp³-hybridized carbons (Fsp3) is 0.867. The molecule has 3 rings (SSSR count). The van der Waals surface area contributed by atoms with E-state index in [1.165, 1.54) is 44.9 Å². The maximum Gasteiger partial charge on any atom is 0.230 e. The summed E-state index contributed by atoms with van der Waals surface area (Å²) in [5.41, 5.74) is 5.83. The number of hydrogen-bond acceptors (Lipinski definition) is 5. The molecule has 2 N–H and O–H groups in total. The number of nitrogens with zero attached hydrogens (tertiary/aromatic N) is 2. The van der Waals surface area contributed by atoms with Crippen molar-refractivity contribution in [3.63, 3.8) is 0 Å². The smallest absolute Gasteiger partial charge is 0.230 e. The summed E-state index contributed by atoms with van der Waals surface area (Å²) < 4.78 is 5.49. The highest BCUT2D eigenvalue weighted by molar-refractivity contribution is 7.99. The minimum absolute atomic E-state index is 0.404. The van der Waals surface area contributed by atoms with Crippen LogP contribution in [0.1, 0.15) is 69.0 Å². The monoisotopic (exact) mass is 295 g/mol. The standard InChI is InChI=1S/C15H25N3OS/c16-9-11-5-4-8-13(11)15-17-14(18-19-15)10-20-12-6-2-1-3-7-12/h11-13H,1-10,16H2. The SMILES string of the molecule is NCC1CCCC1c1nc(CSC2CCCCC2)no1. The van der Waals surface area contributed by atoms with Gasteiger partial charge in [0.05, 0.1) is 5.75 Å². The summed E-state index contributed by atoms with van der Waals surface area (Å²) in [6.45, 7) is 0.735. The molecule has 2 saturated carbocycles. The highest BCUT2D eigenvalue weighted by atomic mass is 32.2. The summed E-state index contributed by atoms with van der Waals surface area (Å²) >= 11 is 2.00. The predicted octanol–water partition coefficient (Wildman–Crippen LogP) is 3.48. The van der Waals surface area contributed by atoms with Gasteiger partial charge in [-0.25, -0.2) is 0 Å². The van der Waals surface area contributed by atoms with E-state index in [0.29, 0.717) is 11.8 Å². The van der Waals surface area contributed by atoms with Gasteiger partial charge in [0.25, 0.3) is 0 Å². The van der Waals surface area contributed by atoms with Crippen molar-refractivity contribution in [1.82, 2.24) is 10.1 Å². The van der Waals surface area contributed by atoms with Crippen molar-refractivity contribution >= 4 is 11.8 Å². The average Bonchev–Trinajstić information content (AvgIpc) is 3.14. The molecule has 0 spiro atoms. The zero-order valence-electron chi connectivity index (χ0n) is 12.1. The summed E-state index contributed by atoms with van der Waals surface area (Å²) in [4.78, 5) is 4.62. The van der Waals surface area contributed by atoms with E-state index in [1.807, 2.05) is 11.8 Å². The quantitative estimate of drug-likeness (QED) is 0.901. The molecule has 2 unspecified atom stereocenters. The van der Waals surface area contributed by atoms with E-state index in [2.05, 4.69) is 10.1 Å². The van der Waals surface area contributed by atoms with Gasteiger partial charge in [0, 0.05) is 11.2 Å². The molecule has 1 heterocycles. The second kappa shape index (κ2) is 6.94. The molecule has 1 aromatic heterocycles. The fourth-order valence-electron chi connectivity index (χ4n) is 3.54. The number of hydrogen-bond donors (Lipinski definition) is 1. The van der Waals surface area contributed by atoms with Crippen molar-refractivity contribution in [3.8, 4) is 0 Å². The lowest BCUT2D eigenvalue weighted by molar-refractivity contribution is 0.324. The zero-order valence-corrected chi connectivity index (χ0v) is 12.9. The predicted molar refractivity (Wildman–Crippen MR) is 81.6 cm³/mol. The molecule has 0 amide bonds. The third kappa shape index (κ3) is 3.37. The van der Waals surface area contributed by atoms with Gasteiger partial charge in [-0.2, -0.15) is 16.7 Å². The molecule has 1 aromatic rings. The van der Waals surface area contributed by atoms with Gasteiger partial charge in [0.2, 0.25) is 5.89 Å². The molecule has 0 radical (unpaired) electrons. The zero-order chi connectivity index (χ0) is 13.8. The van der Waals surface area contributed by atoms with Crippen LogP contribution in [-0.2, 0) is 5.75 Å². The molecule has 0 aromatic carbocycles. The maximum absolute atomic E-state index is 5.83. The summed E-state index contributed by atoms with van der Waals surface area (Å²) in [6, 6.07) is 0. The summed E-state index contributed by atoms with van der Waals surface area (Å²) in [5.74, 6) is 3.54. The molecule has 2 fully saturated rings. The van der Waals surface area contributed by atoms with Gasteiger partial charge < -0.3 is 10.3 Å². The molecule has 0 saturated heterocycles. The van der Waals surface area contributed by atoms with Crippen molar-refractivity contribution < 1.29 is 4.52 Å². The van der Waals surface area contributed by atoms with Gasteiger partial charge in [-0.3, -0.25) is 0 Å². The Kier molecular flexibility index (Phi) is 4.99. The third-order valence-corrected chi connectivity index (χ3v) is 6.13. The van der Waals surface area contributed by atoms with Crippen molar-refractivity contribution in [2.24, 2.45) is 11.7 Å². The summed E-state index contributed by atoms with van der Waals surface area (Å²) in [5, 5.41) is 4.97. The Hall–Kier alpha value is -0.550. The highest BCUT2D eigenvalue weighted by Crippen LogP contribution is 2.38. The largest absolute Gasteiger partial charge is 0.339 e. The maximum atomic E-state index is 5.83. The summed E-state index contributed by atoms with van der Waals surface area (Å²) in [7, 11) is 0. The van der Waals surface area contributed by atoms with Crippen LogP contribution >= 0.6 is 11.8 Å².